The first-order valence-electron chi connectivity index (χ1n) is 6.17. The summed E-state index contributed by atoms with van der Waals surface area (Å²) in [7, 11) is 3.25. The Labute approximate surface area is 122 Å². The lowest BCUT2D eigenvalue weighted by Crippen LogP contribution is -2.36. The Bertz CT molecular complexity index is 398. The first-order valence-corrected chi connectivity index (χ1v) is 7.29. The van der Waals surface area contributed by atoms with Gasteiger partial charge in [0.2, 0.25) is 5.91 Å². The van der Waals surface area contributed by atoms with Crippen molar-refractivity contribution in [3.63, 3.8) is 0 Å². The minimum atomic E-state index is 0.0843. The van der Waals surface area contributed by atoms with Gasteiger partial charge < -0.3 is 14.4 Å². The summed E-state index contributed by atoms with van der Waals surface area (Å²) in [6.45, 7) is 1.83. The molecule has 0 N–H and O–H groups in total. The molecule has 0 aliphatic carbocycles. The summed E-state index contributed by atoms with van der Waals surface area (Å²) < 4.78 is 10.3. The molecule has 4 nitrogen and oxygen atoms in total. The molecular formula is C14H20BrNO3. The Morgan fingerprint density at radius 1 is 1.26 bits per heavy atom. The summed E-state index contributed by atoms with van der Waals surface area (Å²) in [5, 5.41) is 0.758. The third-order valence-corrected chi connectivity index (χ3v) is 3.16. The van der Waals surface area contributed by atoms with Gasteiger partial charge in [-0.15, -0.1) is 0 Å². The molecule has 1 aromatic carbocycles. The number of rotatable bonds is 8. The summed E-state index contributed by atoms with van der Waals surface area (Å²) in [5.74, 6) is 0.836. The minimum Gasteiger partial charge on any atom is -0.496 e. The number of hydrogen-bond acceptors (Lipinski definition) is 3. The van der Waals surface area contributed by atoms with Crippen molar-refractivity contribution in [2.45, 2.75) is 6.42 Å². The lowest BCUT2D eigenvalue weighted by atomic mass is 10.1. The van der Waals surface area contributed by atoms with Gasteiger partial charge in [0, 0.05) is 31.1 Å². The van der Waals surface area contributed by atoms with Crippen LogP contribution in [0.15, 0.2) is 24.3 Å². The Hall–Kier alpha value is -1.07. The zero-order valence-corrected chi connectivity index (χ0v) is 13.0. The van der Waals surface area contributed by atoms with Crippen molar-refractivity contribution in [3.05, 3.63) is 29.8 Å². The van der Waals surface area contributed by atoms with Gasteiger partial charge in [0.1, 0.15) is 5.75 Å². The van der Waals surface area contributed by atoms with Gasteiger partial charge in [0.05, 0.1) is 20.1 Å². The molecule has 5 heteroatoms. The standard InChI is InChI=1S/C14H20BrNO3/c1-18-10-9-16(8-7-15)14(17)11-12-5-3-4-6-13(12)19-2/h3-6H,7-11H2,1-2H3. The quantitative estimate of drug-likeness (QED) is 0.686. The molecule has 19 heavy (non-hydrogen) atoms. The zero-order chi connectivity index (χ0) is 14.1. The van der Waals surface area contributed by atoms with Crippen molar-refractivity contribution in [1.82, 2.24) is 4.90 Å². The molecule has 1 rings (SSSR count). The van der Waals surface area contributed by atoms with Crippen molar-refractivity contribution in [2.24, 2.45) is 0 Å². The molecule has 0 saturated heterocycles. The van der Waals surface area contributed by atoms with Gasteiger partial charge in [0.25, 0.3) is 0 Å². The van der Waals surface area contributed by atoms with Gasteiger partial charge in [-0.3, -0.25) is 4.79 Å². The third-order valence-electron chi connectivity index (χ3n) is 2.81. The normalized spacial score (nSPS) is 10.3. The van der Waals surface area contributed by atoms with Crippen LogP contribution in [0.5, 0.6) is 5.75 Å². The van der Waals surface area contributed by atoms with Crippen LogP contribution < -0.4 is 4.74 Å². The summed E-state index contributed by atoms with van der Waals surface area (Å²) in [6, 6.07) is 7.59. The number of ether oxygens (including phenoxy) is 2. The summed E-state index contributed by atoms with van der Waals surface area (Å²) in [5.41, 5.74) is 0.909. The van der Waals surface area contributed by atoms with E-state index < -0.39 is 0 Å². The number of halogens is 1. The molecule has 106 valence electrons. The fourth-order valence-corrected chi connectivity index (χ4v) is 2.22. The summed E-state index contributed by atoms with van der Waals surface area (Å²) in [6.07, 6.45) is 0.348. The average molecular weight is 330 g/mol. The highest BCUT2D eigenvalue weighted by Crippen LogP contribution is 2.18. The Kier molecular flexibility index (Phi) is 7.52. The van der Waals surface area contributed by atoms with E-state index in [0.29, 0.717) is 26.1 Å². The van der Waals surface area contributed by atoms with Crippen molar-refractivity contribution in [3.8, 4) is 5.75 Å². The van der Waals surface area contributed by atoms with Gasteiger partial charge in [-0.1, -0.05) is 34.1 Å². The monoisotopic (exact) mass is 329 g/mol. The fourth-order valence-electron chi connectivity index (χ4n) is 1.79. The smallest absolute Gasteiger partial charge is 0.227 e. The van der Waals surface area contributed by atoms with E-state index >= 15 is 0 Å². The van der Waals surface area contributed by atoms with Crippen molar-refractivity contribution in [2.75, 3.05) is 39.2 Å². The maximum absolute atomic E-state index is 12.3. The maximum Gasteiger partial charge on any atom is 0.227 e. The molecule has 0 atom stereocenters. The summed E-state index contributed by atoms with van der Waals surface area (Å²) in [4.78, 5) is 14.1. The van der Waals surface area contributed by atoms with Crippen LogP contribution >= 0.6 is 15.9 Å². The molecule has 0 unspecified atom stereocenters. The van der Waals surface area contributed by atoms with Gasteiger partial charge in [-0.05, 0) is 6.07 Å². The van der Waals surface area contributed by atoms with E-state index in [4.69, 9.17) is 9.47 Å². The molecule has 0 spiro atoms. The number of para-hydroxylation sites is 1. The van der Waals surface area contributed by atoms with E-state index in [9.17, 15) is 4.79 Å². The van der Waals surface area contributed by atoms with E-state index in [1.165, 1.54) is 0 Å². The number of alkyl halides is 1. The highest BCUT2D eigenvalue weighted by Gasteiger charge is 2.15. The second kappa shape index (κ2) is 8.93. The molecule has 1 amide bonds. The van der Waals surface area contributed by atoms with E-state index in [-0.39, 0.29) is 5.91 Å². The molecule has 0 bridgehead atoms. The first kappa shape index (κ1) is 16.0. The van der Waals surface area contributed by atoms with Crippen LogP contribution in [0.3, 0.4) is 0 Å². The molecule has 1 aromatic rings. The van der Waals surface area contributed by atoms with Crippen LogP contribution in [0.2, 0.25) is 0 Å². The molecule has 0 aliphatic heterocycles. The zero-order valence-electron chi connectivity index (χ0n) is 11.4. The van der Waals surface area contributed by atoms with E-state index in [1.807, 2.05) is 24.3 Å². The number of carbonyl (C=O) groups is 1. The van der Waals surface area contributed by atoms with Gasteiger partial charge >= 0.3 is 0 Å². The van der Waals surface area contributed by atoms with E-state index in [1.54, 1.807) is 19.1 Å². The number of benzene rings is 1. The van der Waals surface area contributed by atoms with Crippen LogP contribution in [0.1, 0.15) is 5.56 Å². The second-order valence-corrected chi connectivity index (χ2v) is 4.84. The van der Waals surface area contributed by atoms with E-state index in [2.05, 4.69) is 15.9 Å². The number of carbonyl (C=O) groups excluding carboxylic acids is 1. The Morgan fingerprint density at radius 2 is 2.00 bits per heavy atom. The third kappa shape index (κ3) is 5.20. The lowest BCUT2D eigenvalue weighted by Gasteiger charge is -2.21. The first-order chi connectivity index (χ1) is 9.22. The maximum atomic E-state index is 12.3. The van der Waals surface area contributed by atoms with Crippen LogP contribution in [0, 0.1) is 0 Å². The Morgan fingerprint density at radius 3 is 2.63 bits per heavy atom. The van der Waals surface area contributed by atoms with Gasteiger partial charge in [-0.25, -0.2) is 0 Å². The minimum absolute atomic E-state index is 0.0843. The molecule has 0 radical (unpaired) electrons. The molecule has 0 saturated carbocycles. The molecular weight excluding hydrogens is 310 g/mol. The number of amides is 1. The van der Waals surface area contributed by atoms with Gasteiger partial charge in [-0.2, -0.15) is 0 Å². The van der Waals surface area contributed by atoms with Crippen molar-refractivity contribution >= 4 is 21.8 Å². The van der Waals surface area contributed by atoms with Gasteiger partial charge in [0.15, 0.2) is 0 Å². The predicted octanol–water partition coefficient (Wildman–Crippen LogP) is 2.11. The highest BCUT2D eigenvalue weighted by molar-refractivity contribution is 9.09. The largest absolute Gasteiger partial charge is 0.496 e. The molecule has 0 aromatic heterocycles. The van der Waals surface area contributed by atoms with Crippen molar-refractivity contribution < 1.29 is 14.3 Å². The predicted molar refractivity (Wildman–Crippen MR) is 78.9 cm³/mol. The van der Waals surface area contributed by atoms with Crippen LogP contribution in [-0.4, -0.2) is 50.1 Å². The van der Waals surface area contributed by atoms with Crippen LogP contribution in [0.25, 0.3) is 0 Å². The average Bonchev–Trinajstić information content (AvgIpc) is 2.44. The number of nitrogens with zero attached hydrogens (tertiary/aromatic N) is 1. The summed E-state index contributed by atoms with van der Waals surface area (Å²) >= 11 is 3.36. The lowest BCUT2D eigenvalue weighted by molar-refractivity contribution is -0.130. The van der Waals surface area contributed by atoms with Crippen molar-refractivity contribution in [1.29, 1.82) is 0 Å². The molecule has 0 heterocycles. The topological polar surface area (TPSA) is 38.8 Å². The molecule has 0 aliphatic rings. The van der Waals surface area contributed by atoms with Crippen LogP contribution in [0.4, 0.5) is 0 Å². The number of hydrogen-bond donors (Lipinski definition) is 0. The fraction of sp³-hybridized carbons (Fsp3) is 0.500. The highest BCUT2D eigenvalue weighted by atomic mass is 79.9. The van der Waals surface area contributed by atoms with Crippen LogP contribution in [-0.2, 0) is 16.0 Å². The number of methoxy groups -OCH3 is 2. The van der Waals surface area contributed by atoms with E-state index in [0.717, 1.165) is 16.6 Å². The Balaban J connectivity index is 2.69. The molecule has 0 fully saturated rings. The SMILES string of the molecule is COCCN(CCBr)C(=O)Cc1ccccc1OC. The second-order valence-electron chi connectivity index (χ2n) is 4.05.